The Hall–Kier alpha value is -0.120. The zero-order valence-electron chi connectivity index (χ0n) is 10.7. The topological polar surface area (TPSA) is 24.5 Å². The van der Waals surface area contributed by atoms with Crippen molar-refractivity contribution in [3.05, 3.63) is 0 Å². The van der Waals surface area contributed by atoms with Crippen LogP contribution in [0.4, 0.5) is 0 Å². The van der Waals surface area contributed by atoms with E-state index in [4.69, 9.17) is 4.74 Å². The van der Waals surface area contributed by atoms with Crippen molar-refractivity contribution in [3.8, 4) is 0 Å². The number of nitrogens with one attached hydrogen (secondary N) is 1. The molecule has 0 bridgehead atoms. The van der Waals surface area contributed by atoms with E-state index in [1.165, 1.54) is 38.9 Å². The number of nitrogens with zero attached hydrogens (tertiary/aromatic N) is 1. The lowest BCUT2D eigenvalue weighted by Crippen LogP contribution is -2.40. The summed E-state index contributed by atoms with van der Waals surface area (Å²) in [5.74, 6) is 1.82. The van der Waals surface area contributed by atoms with Crippen LogP contribution in [0.1, 0.15) is 26.2 Å². The Morgan fingerprint density at radius 3 is 2.75 bits per heavy atom. The van der Waals surface area contributed by atoms with E-state index in [1.54, 1.807) is 7.11 Å². The summed E-state index contributed by atoms with van der Waals surface area (Å²) in [5, 5.41) is 3.46. The van der Waals surface area contributed by atoms with Crippen LogP contribution in [0.3, 0.4) is 0 Å². The smallest absolute Gasteiger partial charge is 0.0589 e. The minimum atomic E-state index is 0.760. The summed E-state index contributed by atoms with van der Waals surface area (Å²) in [4.78, 5) is 2.65. The Balaban J connectivity index is 1.79. The monoisotopic (exact) mass is 226 g/mol. The third-order valence-corrected chi connectivity index (χ3v) is 4.12. The van der Waals surface area contributed by atoms with Gasteiger partial charge < -0.3 is 10.1 Å². The van der Waals surface area contributed by atoms with Gasteiger partial charge in [-0.2, -0.15) is 0 Å². The molecule has 2 atom stereocenters. The number of hydrogen-bond acceptors (Lipinski definition) is 3. The molecule has 2 unspecified atom stereocenters. The first-order valence-electron chi connectivity index (χ1n) is 6.75. The molecule has 0 radical (unpaired) electrons. The molecular weight excluding hydrogens is 200 g/mol. The second kappa shape index (κ2) is 5.99. The zero-order chi connectivity index (χ0) is 11.4. The van der Waals surface area contributed by atoms with Gasteiger partial charge in [0.2, 0.25) is 0 Å². The molecule has 0 aromatic heterocycles. The molecule has 94 valence electrons. The predicted molar refractivity (Wildman–Crippen MR) is 66.6 cm³/mol. The fourth-order valence-corrected chi connectivity index (χ4v) is 2.75. The Morgan fingerprint density at radius 2 is 2.19 bits per heavy atom. The van der Waals surface area contributed by atoms with Gasteiger partial charge in [-0.1, -0.05) is 0 Å². The summed E-state index contributed by atoms with van der Waals surface area (Å²) in [6, 6.07) is 0.760. The number of rotatable bonds is 7. The molecule has 1 saturated heterocycles. The molecule has 0 aromatic rings. The van der Waals surface area contributed by atoms with E-state index in [0.29, 0.717) is 0 Å². The maximum absolute atomic E-state index is 5.23. The first-order valence-corrected chi connectivity index (χ1v) is 6.75. The molecule has 2 aliphatic rings. The van der Waals surface area contributed by atoms with Crippen LogP contribution < -0.4 is 5.32 Å². The van der Waals surface area contributed by atoms with E-state index in [2.05, 4.69) is 17.1 Å². The minimum absolute atomic E-state index is 0.760. The average Bonchev–Trinajstić information content (AvgIpc) is 3.02. The van der Waals surface area contributed by atoms with Gasteiger partial charge in [0.1, 0.15) is 0 Å². The lowest BCUT2D eigenvalue weighted by Gasteiger charge is -2.31. The summed E-state index contributed by atoms with van der Waals surface area (Å²) >= 11 is 0. The molecule has 0 aromatic carbocycles. The molecule has 3 nitrogen and oxygen atoms in total. The molecule has 1 heterocycles. The van der Waals surface area contributed by atoms with E-state index >= 15 is 0 Å². The highest BCUT2D eigenvalue weighted by atomic mass is 16.5. The van der Waals surface area contributed by atoms with Gasteiger partial charge in [-0.25, -0.2) is 0 Å². The number of methoxy groups -OCH3 is 1. The van der Waals surface area contributed by atoms with Crippen LogP contribution >= 0.6 is 0 Å². The summed E-state index contributed by atoms with van der Waals surface area (Å²) in [6.07, 6.45) is 4.22. The van der Waals surface area contributed by atoms with Crippen molar-refractivity contribution in [2.75, 3.05) is 39.9 Å². The Labute approximate surface area is 99.5 Å². The Kier molecular flexibility index (Phi) is 4.62. The molecular formula is C13H26N2O. The average molecular weight is 226 g/mol. The quantitative estimate of drug-likeness (QED) is 0.709. The highest BCUT2D eigenvalue weighted by Gasteiger charge is 2.32. The molecule has 1 saturated carbocycles. The number of ether oxygens (including phenoxy) is 1. The maximum atomic E-state index is 5.23. The van der Waals surface area contributed by atoms with E-state index in [0.717, 1.165) is 31.0 Å². The molecule has 1 N–H and O–H groups in total. The van der Waals surface area contributed by atoms with Crippen molar-refractivity contribution in [2.24, 2.45) is 11.8 Å². The van der Waals surface area contributed by atoms with Crippen LogP contribution in [-0.4, -0.2) is 50.8 Å². The molecule has 0 amide bonds. The normalized spacial score (nSPS) is 27.6. The minimum Gasteiger partial charge on any atom is -0.383 e. The van der Waals surface area contributed by atoms with E-state index < -0.39 is 0 Å². The van der Waals surface area contributed by atoms with Crippen LogP contribution in [0.25, 0.3) is 0 Å². The van der Waals surface area contributed by atoms with Gasteiger partial charge in [0.25, 0.3) is 0 Å². The molecule has 1 aliphatic heterocycles. The van der Waals surface area contributed by atoms with E-state index in [9.17, 15) is 0 Å². The van der Waals surface area contributed by atoms with Gasteiger partial charge in [0, 0.05) is 26.2 Å². The standard InChI is InChI=1S/C13H26N2O/c1-11(13-3-4-13)15(7-8-16-2)10-12-5-6-14-9-12/h11-14H,3-10H2,1-2H3. The summed E-state index contributed by atoms with van der Waals surface area (Å²) in [6.45, 7) is 8.05. The second-order valence-electron chi connectivity index (χ2n) is 5.42. The maximum Gasteiger partial charge on any atom is 0.0589 e. The third-order valence-electron chi connectivity index (χ3n) is 4.12. The van der Waals surface area contributed by atoms with E-state index in [-0.39, 0.29) is 0 Å². The third kappa shape index (κ3) is 3.44. The lowest BCUT2D eigenvalue weighted by molar-refractivity contribution is 0.105. The molecule has 16 heavy (non-hydrogen) atoms. The van der Waals surface area contributed by atoms with Crippen molar-refractivity contribution in [1.29, 1.82) is 0 Å². The van der Waals surface area contributed by atoms with Crippen LogP contribution in [0.5, 0.6) is 0 Å². The largest absolute Gasteiger partial charge is 0.383 e. The molecule has 2 fully saturated rings. The lowest BCUT2D eigenvalue weighted by atomic mass is 10.1. The molecule has 0 spiro atoms. The highest BCUT2D eigenvalue weighted by Crippen LogP contribution is 2.35. The summed E-state index contributed by atoms with van der Waals surface area (Å²) in [7, 11) is 1.80. The first-order chi connectivity index (χ1) is 7.81. The highest BCUT2D eigenvalue weighted by molar-refractivity contribution is 4.87. The fourth-order valence-electron chi connectivity index (χ4n) is 2.75. The van der Waals surface area contributed by atoms with Crippen LogP contribution in [0.2, 0.25) is 0 Å². The SMILES string of the molecule is COCCN(CC1CCNC1)C(C)C1CC1. The summed E-state index contributed by atoms with van der Waals surface area (Å²) < 4.78 is 5.23. The van der Waals surface area contributed by atoms with Crippen molar-refractivity contribution < 1.29 is 4.74 Å². The Morgan fingerprint density at radius 1 is 1.38 bits per heavy atom. The van der Waals surface area contributed by atoms with Crippen molar-refractivity contribution in [1.82, 2.24) is 10.2 Å². The molecule has 3 heteroatoms. The van der Waals surface area contributed by atoms with E-state index in [1.807, 2.05) is 0 Å². The van der Waals surface area contributed by atoms with Crippen LogP contribution in [0, 0.1) is 11.8 Å². The van der Waals surface area contributed by atoms with Gasteiger partial charge in [0.05, 0.1) is 6.61 Å². The Bertz CT molecular complexity index is 200. The van der Waals surface area contributed by atoms with Gasteiger partial charge in [-0.3, -0.25) is 4.90 Å². The van der Waals surface area contributed by atoms with Gasteiger partial charge in [-0.15, -0.1) is 0 Å². The molecule has 2 rings (SSSR count). The van der Waals surface area contributed by atoms with Crippen molar-refractivity contribution in [3.63, 3.8) is 0 Å². The summed E-state index contributed by atoms with van der Waals surface area (Å²) in [5.41, 5.74) is 0. The predicted octanol–water partition coefficient (Wildman–Crippen LogP) is 1.34. The first kappa shape index (κ1) is 12.3. The zero-order valence-corrected chi connectivity index (χ0v) is 10.7. The van der Waals surface area contributed by atoms with Crippen molar-refractivity contribution >= 4 is 0 Å². The fraction of sp³-hybridized carbons (Fsp3) is 1.00. The van der Waals surface area contributed by atoms with Gasteiger partial charge in [-0.05, 0) is 51.1 Å². The number of hydrogen-bond donors (Lipinski definition) is 1. The molecule has 1 aliphatic carbocycles. The van der Waals surface area contributed by atoms with Gasteiger partial charge >= 0.3 is 0 Å². The van der Waals surface area contributed by atoms with Crippen LogP contribution in [-0.2, 0) is 4.74 Å². The second-order valence-corrected chi connectivity index (χ2v) is 5.42. The van der Waals surface area contributed by atoms with Gasteiger partial charge in [0.15, 0.2) is 0 Å². The van der Waals surface area contributed by atoms with Crippen LogP contribution in [0.15, 0.2) is 0 Å². The van der Waals surface area contributed by atoms with Crippen molar-refractivity contribution in [2.45, 2.75) is 32.2 Å².